The molecule has 0 atom stereocenters. The summed E-state index contributed by atoms with van der Waals surface area (Å²) in [5.74, 6) is -3.20. The first-order valence-electron chi connectivity index (χ1n) is 7.81. The zero-order valence-electron chi connectivity index (χ0n) is 14.3. The van der Waals surface area contributed by atoms with Crippen molar-refractivity contribution in [1.82, 2.24) is 5.32 Å². The molecular formula is C16H22Cl3NO6. The lowest BCUT2D eigenvalue weighted by molar-refractivity contribution is -0.159. The minimum absolute atomic E-state index is 0.399. The molecule has 0 aromatic heterocycles. The first kappa shape index (κ1) is 24.8. The standard InChI is InChI=1S/C14H20Cl3NO2.C2H2O4/c1-2-3-4-18-5-6-19-7-8-20-14-12(16)9-11(15)10-13(14)17;3-1(4)2(5)6/h9-10,18H,2-8H2,1H3;(H,3,4)(H,5,6). The molecule has 0 saturated heterocycles. The molecule has 0 fully saturated rings. The third-order valence-electron chi connectivity index (χ3n) is 2.75. The van der Waals surface area contributed by atoms with Gasteiger partial charge >= 0.3 is 11.9 Å². The molecule has 0 radical (unpaired) electrons. The van der Waals surface area contributed by atoms with Crippen molar-refractivity contribution in [3.8, 4) is 5.75 Å². The summed E-state index contributed by atoms with van der Waals surface area (Å²) in [6.45, 7) is 5.60. The molecule has 0 aliphatic carbocycles. The van der Waals surface area contributed by atoms with Crippen LogP contribution in [0.15, 0.2) is 12.1 Å². The van der Waals surface area contributed by atoms with Gasteiger partial charge in [-0.3, -0.25) is 0 Å². The van der Waals surface area contributed by atoms with E-state index >= 15 is 0 Å². The Balaban J connectivity index is 0.000000896. The lowest BCUT2D eigenvalue weighted by Gasteiger charge is -2.11. The van der Waals surface area contributed by atoms with Crippen molar-refractivity contribution in [2.75, 3.05) is 32.9 Å². The van der Waals surface area contributed by atoms with Gasteiger partial charge in [-0.1, -0.05) is 48.1 Å². The molecular weight excluding hydrogens is 409 g/mol. The fourth-order valence-corrected chi connectivity index (χ4v) is 2.47. The van der Waals surface area contributed by atoms with Crippen LogP contribution < -0.4 is 10.1 Å². The zero-order chi connectivity index (χ0) is 19.9. The van der Waals surface area contributed by atoms with Crippen molar-refractivity contribution in [3.05, 3.63) is 27.2 Å². The van der Waals surface area contributed by atoms with Crippen LogP contribution in [0.2, 0.25) is 15.1 Å². The molecule has 0 saturated carbocycles. The van der Waals surface area contributed by atoms with Crippen LogP contribution in [0.1, 0.15) is 19.8 Å². The number of carbonyl (C=O) groups is 2. The highest BCUT2D eigenvalue weighted by Crippen LogP contribution is 2.35. The van der Waals surface area contributed by atoms with Gasteiger partial charge < -0.3 is 25.0 Å². The lowest BCUT2D eigenvalue weighted by atomic mass is 10.3. The Bertz CT molecular complexity index is 536. The van der Waals surface area contributed by atoms with Gasteiger partial charge in [-0.25, -0.2) is 9.59 Å². The maximum absolute atomic E-state index is 9.10. The van der Waals surface area contributed by atoms with E-state index in [0.29, 0.717) is 40.6 Å². The summed E-state index contributed by atoms with van der Waals surface area (Å²) in [4.78, 5) is 18.2. The maximum atomic E-state index is 9.10. The maximum Gasteiger partial charge on any atom is 0.414 e. The highest BCUT2D eigenvalue weighted by molar-refractivity contribution is 6.40. The fraction of sp³-hybridized carbons (Fsp3) is 0.500. The Morgan fingerprint density at radius 2 is 1.58 bits per heavy atom. The summed E-state index contributed by atoms with van der Waals surface area (Å²) >= 11 is 17.8. The van der Waals surface area contributed by atoms with Gasteiger partial charge in [0.1, 0.15) is 6.61 Å². The van der Waals surface area contributed by atoms with Crippen LogP contribution in [-0.4, -0.2) is 55.1 Å². The largest absolute Gasteiger partial charge is 0.488 e. The Morgan fingerprint density at radius 1 is 1.00 bits per heavy atom. The second kappa shape index (κ2) is 14.9. The minimum Gasteiger partial charge on any atom is -0.488 e. The van der Waals surface area contributed by atoms with Gasteiger partial charge in [0.25, 0.3) is 0 Å². The van der Waals surface area contributed by atoms with Crippen molar-refractivity contribution in [2.24, 2.45) is 0 Å². The van der Waals surface area contributed by atoms with Crippen molar-refractivity contribution < 1.29 is 29.3 Å². The van der Waals surface area contributed by atoms with E-state index in [1.807, 2.05) is 0 Å². The topological polar surface area (TPSA) is 105 Å². The van der Waals surface area contributed by atoms with Gasteiger partial charge in [0.15, 0.2) is 5.75 Å². The van der Waals surface area contributed by atoms with Gasteiger partial charge in [0.2, 0.25) is 0 Å². The Labute approximate surface area is 167 Å². The number of hydrogen-bond acceptors (Lipinski definition) is 5. The zero-order valence-corrected chi connectivity index (χ0v) is 16.5. The third-order valence-corrected chi connectivity index (χ3v) is 3.53. The molecule has 0 amide bonds. The fourth-order valence-electron chi connectivity index (χ4n) is 1.54. The Morgan fingerprint density at radius 3 is 2.08 bits per heavy atom. The summed E-state index contributed by atoms with van der Waals surface area (Å²) in [6, 6.07) is 3.20. The van der Waals surface area contributed by atoms with Crippen LogP contribution in [0.5, 0.6) is 5.75 Å². The number of carboxylic acid groups (broad SMARTS) is 2. The summed E-state index contributed by atoms with van der Waals surface area (Å²) < 4.78 is 10.9. The molecule has 0 unspecified atom stereocenters. The first-order valence-corrected chi connectivity index (χ1v) is 8.95. The van der Waals surface area contributed by atoms with Gasteiger partial charge in [-0.05, 0) is 25.1 Å². The number of ether oxygens (including phenoxy) is 2. The smallest absolute Gasteiger partial charge is 0.414 e. The molecule has 10 heteroatoms. The number of benzene rings is 1. The number of halogens is 3. The minimum atomic E-state index is -1.82. The van der Waals surface area contributed by atoms with Crippen LogP contribution in [0, 0.1) is 0 Å². The van der Waals surface area contributed by atoms with E-state index < -0.39 is 11.9 Å². The summed E-state index contributed by atoms with van der Waals surface area (Å²) in [6.07, 6.45) is 2.39. The molecule has 1 aromatic carbocycles. The number of hydrogen-bond donors (Lipinski definition) is 3. The molecule has 0 aliphatic heterocycles. The van der Waals surface area contributed by atoms with Crippen LogP contribution in [-0.2, 0) is 14.3 Å². The van der Waals surface area contributed by atoms with Crippen molar-refractivity contribution in [1.29, 1.82) is 0 Å². The highest BCUT2D eigenvalue weighted by Gasteiger charge is 2.08. The van der Waals surface area contributed by atoms with Crippen molar-refractivity contribution in [2.45, 2.75) is 19.8 Å². The SMILES string of the molecule is CCCCNCCOCCOc1c(Cl)cc(Cl)cc1Cl.O=C(O)C(=O)O. The molecule has 0 heterocycles. The highest BCUT2D eigenvalue weighted by atomic mass is 35.5. The molecule has 0 aliphatic rings. The average molecular weight is 431 g/mol. The summed E-state index contributed by atoms with van der Waals surface area (Å²) in [5.41, 5.74) is 0. The van der Waals surface area contributed by atoms with E-state index in [1.165, 1.54) is 12.8 Å². The van der Waals surface area contributed by atoms with Gasteiger partial charge in [0, 0.05) is 11.6 Å². The van der Waals surface area contributed by atoms with E-state index in [2.05, 4.69) is 12.2 Å². The first-order chi connectivity index (χ1) is 12.3. The van der Waals surface area contributed by atoms with Crippen LogP contribution >= 0.6 is 34.8 Å². The number of aliphatic carboxylic acids is 2. The molecule has 0 bridgehead atoms. The normalized spacial score (nSPS) is 10.0. The predicted octanol–water partition coefficient (Wildman–Crippen LogP) is 3.59. The molecule has 3 N–H and O–H groups in total. The van der Waals surface area contributed by atoms with Gasteiger partial charge in [0.05, 0.1) is 23.3 Å². The van der Waals surface area contributed by atoms with E-state index in [0.717, 1.165) is 13.1 Å². The van der Waals surface area contributed by atoms with Crippen LogP contribution in [0.25, 0.3) is 0 Å². The predicted molar refractivity (Wildman–Crippen MR) is 101 cm³/mol. The number of nitrogens with one attached hydrogen (secondary N) is 1. The number of rotatable bonds is 10. The van der Waals surface area contributed by atoms with E-state index in [-0.39, 0.29) is 0 Å². The second-order valence-corrected chi connectivity index (χ2v) is 6.12. The second-order valence-electron chi connectivity index (χ2n) is 4.87. The quantitative estimate of drug-likeness (QED) is 0.385. The molecule has 1 rings (SSSR count). The monoisotopic (exact) mass is 429 g/mol. The molecule has 0 spiro atoms. The number of unbranched alkanes of at least 4 members (excludes halogenated alkanes) is 1. The van der Waals surface area contributed by atoms with Crippen molar-refractivity contribution in [3.63, 3.8) is 0 Å². The molecule has 7 nitrogen and oxygen atoms in total. The number of carboxylic acids is 2. The van der Waals surface area contributed by atoms with Crippen LogP contribution in [0.3, 0.4) is 0 Å². The van der Waals surface area contributed by atoms with E-state index in [9.17, 15) is 0 Å². The Kier molecular flexibility index (Phi) is 14.2. The van der Waals surface area contributed by atoms with Gasteiger partial charge in [-0.15, -0.1) is 0 Å². The summed E-state index contributed by atoms with van der Waals surface area (Å²) in [5, 5.41) is 19.4. The average Bonchev–Trinajstić information content (AvgIpc) is 2.55. The van der Waals surface area contributed by atoms with E-state index in [4.69, 9.17) is 64.1 Å². The van der Waals surface area contributed by atoms with E-state index in [1.54, 1.807) is 12.1 Å². The van der Waals surface area contributed by atoms with Crippen molar-refractivity contribution >= 4 is 46.7 Å². The molecule has 26 heavy (non-hydrogen) atoms. The molecule has 148 valence electrons. The van der Waals surface area contributed by atoms with Gasteiger partial charge in [-0.2, -0.15) is 0 Å². The Hall–Kier alpha value is -1.25. The molecule has 1 aromatic rings. The van der Waals surface area contributed by atoms with Crippen LogP contribution in [0.4, 0.5) is 0 Å². The lowest BCUT2D eigenvalue weighted by Crippen LogP contribution is -2.21. The summed E-state index contributed by atoms with van der Waals surface area (Å²) in [7, 11) is 0. The third kappa shape index (κ3) is 12.2.